The van der Waals surface area contributed by atoms with Gasteiger partial charge >= 0.3 is 0 Å². The largest absolute Gasteiger partial charge is 0.490 e. The topological polar surface area (TPSA) is 42.8 Å². The first kappa shape index (κ1) is 21.9. The molecular weight excluding hydrogens is 496 g/mol. The number of halogens is 1. The highest BCUT2D eigenvalue weighted by atomic mass is 79.9. The molecule has 0 saturated carbocycles. The van der Waals surface area contributed by atoms with Gasteiger partial charge in [-0.05, 0) is 56.9 Å². The van der Waals surface area contributed by atoms with Gasteiger partial charge in [0.2, 0.25) is 0 Å². The molecule has 0 spiro atoms. The predicted octanol–water partition coefficient (Wildman–Crippen LogP) is 7.28. The van der Waals surface area contributed by atoms with Crippen molar-refractivity contribution in [1.82, 2.24) is 5.43 Å². The molecular formula is C27H23BrN2O2S. The zero-order valence-electron chi connectivity index (χ0n) is 18.1. The molecule has 0 radical (unpaired) electrons. The molecule has 166 valence electrons. The number of nitrogens with zero attached hydrogens (tertiary/aromatic N) is 1. The average Bonchev–Trinajstić information content (AvgIpc) is 3.35. The minimum Gasteiger partial charge on any atom is -0.490 e. The quantitative estimate of drug-likeness (QED) is 0.279. The molecule has 4 nitrogen and oxygen atoms in total. The summed E-state index contributed by atoms with van der Waals surface area (Å²) in [4.78, 5) is 0. The molecule has 1 heterocycles. The van der Waals surface area contributed by atoms with Crippen molar-refractivity contribution in [1.29, 1.82) is 0 Å². The minimum absolute atomic E-state index is 0.00262. The maximum absolute atomic E-state index is 6.30. The van der Waals surface area contributed by atoms with Crippen molar-refractivity contribution in [3.8, 4) is 11.5 Å². The lowest BCUT2D eigenvalue weighted by atomic mass is 10.1. The monoisotopic (exact) mass is 518 g/mol. The Bertz CT molecular complexity index is 1310. The first-order valence-electron chi connectivity index (χ1n) is 10.8. The Morgan fingerprint density at radius 2 is 1.73 bits per heavy atom. The Hall–Kier alpha value is -2.96. The Balaban J connectivity index is 1.38. The van der Waals surface area contributed by atoms with Gasteiger partial charge in [-0.2, -0.15) is 5.10 Å². The number of hydrogen-bond acceptors (Lipinski definition) is 5. The van der Waals surface area contributed by atoms with E-state index in [0.717, 1.165) is 32.0 Å². The predicted molar refractivity (Wildman–Crippen MR) is 140 cm³/mol. The van der Waals surface area contributed by atoms with Crippen molar-refractivity contribution in [3.63, 3.8) is 0 Å². The summed E-state index contributed by atoms with van der Waals surface area (Å²) in [5.41, 5.74) is 6.57. The summed E-state index contributed by atoms with van der Waals surface area (Å²) >= 11 is 5.41. The first-order valence-corrected chi connectivity index (χ1v) is 12.5. The Morgan fingerprint density at radius 1 is 0.939 bits per heavy atom. The van der Waals surface area contributed by atoms with Crippen LogP contribution in [0.1, 0.15) is 29.0 Å². The number of fused-ring (bicyclic) bond motifs is 1. The Labute approximate surface area is 206 Å². The molecule has 0 saturated heterocycles. The van der Waals surface area contributed by atoms with Crippen LogP contribution in [0.15, 0.2) is 94.5 Å². The molecule has 4 aromatic rings. The number of thioether (sulfide) groups is 1. The first-order chi connectivity index (χ1) is 16.2. The highest BCUT2D eigenvalue weighted by molar-refractivity contribution is 9.10. The fourth-order valence-electron chi connectivity index (χ4n) is 3.85. The van der Waals surface area contributed by atoms with E-state index in [1.165, 1.54) is 10.8 Å². The van der Waals surface area contributed by atoms with Gasteiger partial charge in [-0.1, -0.05) is 84.6 Å². The van der Waals surface area contributed by atoms with Crippen LogP contribution < -0.4 is 14.9 Å². The lowest BCUT2D eigenvalue weighted by Gasteiger charge is -2.18. The van der Waals surface area contributed by atoms with Gasteiger partial charge in [0.05, 0.1) is 11.1 Å². The van der Waals surface area contributed by atoms with Crippen LogP contribution in [0.4, 0.5) is 0 Å². The minimum atomic E-state index is 0.00262. The zero-order chi connectivity index (χ0) is 22.6. The summed E-state index contributed by atoms with van der Waals surface area (Å²) in [6, 6.07) is 29.0. The molecule has 4 aromatic carbocycles. The van der Waals surface area contributed by atoms with Crippen molar-refractivity contribution in [3.05, 3.63) is 106 Å². The van der Waals surface area contributed by atoms with Gasteiger partial charge in [-0.25, -0.2) is 0 Å². The maximum atomic E-state index is 6.30. The summed E-state index contributed by atoms with van der Waals surface area (Å²) in [6.45, 7) is 2.99. The van der Waals surface area contributed by atoms with Gasteiger partial charge in [-0.3, -0.25) is 5.43 Å². The van der Waals surface area contributed by atoms with Gasteiger partial charge in [0.25, 0.3) is 0 Å². The third kappa shape index (κ3) is 4.72. The summed E-state index contributed by atoms with van der Waals surface area (Å²) in [6.07, 6.45) is 0. The van der Waals surface area contributed by atoms with Crippen LogP contribution in [0.5, 0.6) is 11.5 Å². The molecule has 6 heteroatoms. The third-order valence-electron chi connectivity index (χ3n) is 5.42. The van der Waals surface area contributed by atoms with E-state index in [0.29, 0.717) is 19.0 Å². The van der Waals surface area contributed by atoms with Crippen molar-refractivity contribution < 1.29 is 9.47 Å². The van der Waals surface area contributed by atoms with Crippen molar-refractivity contribution in [2.24, 2.45) is 5.10 Å². The van der Waals surface area contributed by atoms with E-state index in [1.807, 2.05) is 31.2 Å². The van der Waals surface area contributed by atoms with E-state index in [9.17, 15) is 0 Å². The molecule has 0 aromatic heterocycles. The van der Waals surface area contributed by atoms with E-state index in [-0.39, 0.29) is 5.37 Å². The molecule has 0 unspecified atom stereocenters. The summed E-state index contributed by atoms with van der Waals surface area (Å²) < 4.78 is 13.1. The second-order valence-electron chi connectivity index (χ2n) is 7.60. The summed E-state index contributed by atoms with van der Waals surface area (Å²) in [5, 5.41) is 7.92. The van der Waals surface area contributed by atoms with E-state index in [1.54, 1.807) is 11.8 Å². The second kappa shape index (κ2) is 9.89. The number of ether oxygens (including phenoxy) is 2. The van der Waals surface area contributed by atoms with Gasteiger partial charge in [0, 0.05) is 5.56 Å². The van der Waals surface area contributed by atoms with Gasteiger partial charge < -0.3 is 9.47 Å². The van der Waals surface area contributed by atoms with Gasteiger partial charge in [0.1, 0.15) is 17.0 Å². The summed E-state index contributed by atoms with van der Waals surface area (Å²) in [5.74, 6) is 1.43. The average molecular weight is 519 g/mol. The number of benzene rings is 4. The van der Waals surface area contributed by atoms with Crippen molar-refractivity contribution in [2.75, 3.05) is 6.61 Å². The zero-order valence-corrected chi connectivity index (χ0v) is 20.5. The fraction of sp³-hybridized carbons (Fsp3) is 0.148. The molecule has 0 bridgehead atoms. The van der Waals surface area contributed by atoms with Crippen LogP contribution in [0.3, 0.4) is 0 Å². The van der Waals surface area contributed by atoms with E-state index >= 15 is 0 Å². The molecule has 1 N–H and O–H groups in total. The van der Waals surface area contributed by atoms with Crippen LogP contribution in [-0.4, -0.2) is 11.7 Å². The van der Waals surface area contributed by atoms with Gasteiger partial charge in [0.15, 0.2) is 11.5 Å². The lowest BCUT2D eigenvalue weighted by Crippen LogP contribution is -2.08. The highest BCUT2D eigenvalue weighted by Crippen LogP contribution is 2.43. The second-order valence-corrected chi connectivity index (χ2v) is 9.55. The molecule has 1 aliphatic heterocycles. The third-order valence-corrected chi connectivity index (χ3v) is 7.17. The number of hydrazone groups is 1. The normalized spacial score (nSPS) is 15.2. The van der Waals surface area contributed by atoms with Crippen LogP contribution >= 0.6 is 27.7 Å². The van der Waals surface area contributed by atoms with Crippen LogP contribution in [0.2, 0.25) is 0 Å². The van der Waals surface area contributed by atoms with Crippen molar-refractivity contribution in [2.45, 2.75) is 18.9 Å². The lowest BCUT2D eigenvalue weighted by molar-refractivity contribution is 0.268. The molecule has 1 atom stereocenters. The smallest absolute Gasteiger partial charge is 0.175 e. The standard InChI is InChI=1S/C27H23BrN2O2S/c1-2-31-24-16-21(27-30-29-26(33-27)19-10-4-3-5-11-19)15-23(28)25(24)32-17-20-13-8-12-18-9-6-7-14-22(18)20/h3-16,27,30H,2,17H2,1H3/t27-/m1/s1. The molecule has 5 rings (SSSR count). The van der Waals surface area contributed by atoms with Crippen LogP contribution in [-0.2, 0) is 6.61 Å². The maximum Gasteiger partial charge on any atom is 0.175 e. The van der Waals surface area contributed by atoms with Gasteiger partial charge in [-0.15, -0.1) is 0 Å². The highest BCUT2D eigenvalue weighted by Gasteiger charge is 2.24. The van der Waals surface area contributed by atoms with E-state index in [2.05, 4.69) is 87.1 Å². The SMILES string of the molecule is CCOc1cc([C@@H]2NN=C(c3ccccc3)S2)cc(Br)c1OCc1cccc2ccccc12. The van der Waals surface area contributed by atoms with E-state index in [4.69, 9.17) is 9.47 Å². The summed E-state index contributed by atoms with van der Waals surface area (Å²) in [7, 11) is 0. The molecule has 33 heavy (non-hydrogen) atoms. The fourth-order valence-corrected chi connectivity index (χ4v) is 5.40. The van der Waals surface area contributed by atoms with Crippen molar-refractivity contribution >= 4 is 43.5 Å². The number of hydrogen-bond donors (Lipinski definition) is 1. The molecule has 0 amide bonds. The molecule has 0 fully saturated rings. The Morgan fingerprint density at radius 3 is 2.58 bits per heavy atom. The number of nitrogens with one attached hydrogen (secondary N) is 1. The van der Waals surface area contributed by atoms with Crippen LogP contribution in [0, 0.1) is 0 Å². The van der Waals surface area contributed by atoms with Crippen LogP contribution in [0.25, 0.3) is 10.8 Å². The molecule has 0 aliphatic carbocycles. The molecule has 1 aliphatic rings. The van der Waals surface area contributed by atoms with E-state index < -0.39 is 0 Å². The Kier molecular flexibility index (Phi) is 6.55. The number of rotatable bonds is 7.